The van der Waals surface area contributed by atoms with Crippen molar-refractivity contribution >= 4 is 0 Å². The predicted octanol–water partition coefficient (Wildman–Crippen LogP) is 5.61. The zero-order valence-corrected chi connectivity index (χ0v) is 11.2. The van der Waals surface area contributed by atoms with Crippen LogP contribution in [0.25, 0.3) is 0 Å². The Morgan fingerprint density at radius 1 is 0.667 bits per heavy atom. The Balaban J connectivity index is -0.000000258. The van der Waals surface area contributed by atoms with Crippen molar-refractivity contribution in [3.05, 3.63) is 34.4 Å². The molecule has 0 aliphatic carbocycles. The molecule has 0 heteroatoms. The molecule has 0 saturated carbocycles. The Morgan fingerprint density at radius 3 is 1.20 bits per heavy atom. The van der Waals surface area contributed by atoms with Gasteiger partial charge >= 0.3 is 0 Å². The van der Waals surface area contributed by atoms with E-state index in [0.717, 1.165) is 0 Å². The molecule has 0 amide bonds. The molecule has 0 aromatic heterocycles. The third kappa shape index (κ3) is 7.18. The largest absolute Gasteiger partial charge is 0.0776 e. The smallest absolute Gasteiger partial charge is 0.0392 e. The fourth-order valence-corrected chi connectivity index (χ4v) is 1.25. The molecule has 0 fully saturated rings. The van der Waals surface area contributed by atoms with Gasteiger partial charge in [0.1, 0.15) is 0 Å². The van der Waals surface area contributed by atoms with Gasteiger partial charge in [-0.3, -0.25) is 0 Å². The molecule has 15 heavy (non-hydrogen) atoms. The standard InChI is InChI=1S/C10H14.2C2H6.CH4/c1-7-5-8(2)10(4)9(3)6-7;2*1-2;/h5-6H,1-4H3;2*1-2H3;1H4. The molecule has 0 aliphatic rings. The molecule has 0 spiro atoms. The summed E-state index contributed by atoms with van der Waals surface area (Å²) in [5, 5.41) is 0. The van der Waals surface area contributed by atoms with E-state index in [2.05, 4.69) is 39.8 Å². The zero-order chi connectivity index (χ0) is 11.7. The summed E-state index contributed by atoms with van der Waals surface area (Å²) >= 11 is 0. The third-order valence-corrected chi connectivity index (χ3v) is 2.07. The summed E-state index contributed by atoms with van der Waals surface area (Å²) in [6.07, 6.45) is 0. The fourth-order valence-electron chi connectivity index (χ4n) is 1.25. The van der Waals surface area contributed by atoms with E-state index >= 15 is 0 Å². The Morgan fingerprint density at radius 2 is 0.933 bits per heavy atom. The van der Waals surface area contributed by atoms with E-state index in [0.29, 0.717) is 0 Å². The maximum atomic E-state index is 2.22. The average molecular weight is 210 g/mol. The molecule has 0 N–H and O–H groups in total. The SMILES string of the molecule is C.CC.CC.Cc1cc(C)c(C)c(C)c1. The molecule has 1 rings (SSSR count). The number of rotatable bonds is 0. The maximum Gasteiger partial charge on any atom is -0.0392 e. The van der Waals surface area contributed by atoms with E-state index in [9.17, 15) is 0 Å². The first-order valence-corrected chi connectivity index (χ1v) is 5.65. The van der Waals surface area contributed by atoms with Crippen molar-refractivity contribution in [3.63, 3.8) is 0 Å². The van der Waals surface area contributed by atoms with E-state index < -0.39 is 0 Å². The lowest BCUT2D eigenvalue weighted by Gasteiger charge is -2.04. The highest BCUT2D eigenvalue weighted by Gasteiger charge is 1.95. The molecule has 0 unspecified atom stereocenters. The van der Waals surface area contributed by atoms with Crippen LogP contribution < -0.4 is 0 Å². The lowest BCUT2D eigenvalue weighted by atomic mass is 10.0. The Labute approximate surface area is 97.7 Å². The van der Waals surface area contributed by atoms with E-state index in [4.69, 9.17) is 0 Å². The van der Waals surface area contributed by atoms with Crippen LogP contribution in [0.5, 0.6) is 0 Å². The number of aryl methyl sites for hydroxylation is 3. The molecular formula is C15H30. The van der Waals surface area contributed by atoms with Gasteiger partial charge in [-0.1, -0.05) is 52.8 Å². The van der Waals surface area contributed by atoms with E-state index in [1.54, 1.807) is 0 Å². The summed E-state index contributed by atoms with van der Waals surface area (Å²) in [7, 11) is 0. The molecule has 1 aromatic carbocycles. The summed E-state index contributed by atoms with van der Waals surface area (Å²) in [5.41, 5.74) is 5.58. The van der Waals surface area contributed by atoms with Gasteiger partial charge in [0.05, 0.1) is 0 Å². The molecule has 0 bridgehead atoms. The van der Waals surface area contributed by atoms with Crippen LogP contribution in [0.4, 0.5) is 0 Å². The van der Waals surface area contributed by atoms with Gasteiger partial charge < -0.3 is 0 Å². The summed E-state index contributed by atoms with van der Waals surface area (Å²) in [4.78, 5) is 0. The highest BCUT2D eigenvalue weighted by molar-refractivity contribution is 5.35. The normalized spacial score (nSPS) is 7.47. The first-order chi connectivity index (χ1) is 6.61. The number of hydrogen-bond donors (Lipinski definition) is 0. The van der Waals surface area contributed by atoms with E-state index in [1.165, 1.54) is 22.3 Å². The predicted molar refractivity (Wildman–Crippen MR) is 74.8 cm³/mol. The van der Waals surface area contributed by atoms with E-state index in [-0.39, 0.29) is 7.43 Å². The molecule has 0 atom stereocenters. The first-order valence-electron chi connectivity index (χ1n) is 5.65. The Hall–Kier alpha value is -0.780. The molecule has 0 radical (unpaired) electrons. The van der Waals surface area contributed by atoms with Crippen molar-refractivity contribution in [2.75, 3.05) is 0 Å². The second-order valence-corrected chi connectivity index (χ2v) is 3.02. The van der Waals surface area contributed by atoms with Crippen LogP contribution in [0.3, 0.4) is 0 Å². The van der Waals surface area contributed by atoms with Gasteiger partial charge in [0, 0.05) is 0 Å². The fraction of sp³-hybridized carbons (Fsp3) is 0.600. The van der Waals surface area contributed by atoms with Gasteiger partial charge in [0.2, 0.25) is 0 Å². The van der Waals surface area contributed by atoms with Gasteiger partial charge in [-0.05, 0) is 44.4 Å². The second kappa shape index (κ2) is 11.3. The molecule has 0 saturated heterocycles. The zero-order valence-electron chi connectivity index (χ0n) is 11.2. The quantitative estimate of drug-likeness (QED) is 0.522. The van der Waals surface area contributed by atoms with Crippen molar-refractivity contribution < 1.29 is 0 Å². The van der Waals surface area contributed by atoms with Crippen molar-refractivity contribution in [2.45, 2.75) is 62.8 Å². The van der Waals surface area contributed by atoms with Gasteiger partial charge in [-0.25, -0.2) is 0 Å². The Kier molecular flexibility index (Phi) is 14.9. The molecular weight excluding hydrogens is 180 g/mol. The molecule has 0 heterocycles. The Bertz CT molecular complexity index is 223. The molecule has 90 valence electrons. The second-order valence-electron chi connectivity index (χ2n) is 3.02. The lowest BCUT2D eigenvalue weighted by Crippen LogP contribution is -1.86. The third-order valence-electron chi connectivity index (χ3n) is 2.07. The van der Waals surface area contributed by atoms with Crippen molar-refractivity contribution in [2.24, 2.45) is 0 Å². The van der Waals surface area contributed by atoms with Crippen molar-refractivity contribution in [3.8, 4) is 0 Å². The minimum atomic E-state index is 0. The van der Waals surface area contributed by atoms with Crippen LogP contribution in [0, 0.1) is 27.7 Å². The molecule has 0 aliphatic heterocycles. The van der Waals surface area contributed by atoms with Crippen molar-refractivity contribution in [1.29, 1.82) is 0 Å². The summed E-state index contributed by atoms with van der Waals surface area (Å²) in [6, 6.07) is 4.45. The monoisotopic (exact) mass is 210 g/mol. The minimum absolute atomic E-state index is 0. The summed E-state index contributed by atoms with van der Waals surface area (Å²) in [5.74, 6) is 0. The van der Waals surface area contributed by atoms with E-state index in [1.807, 2.05) is 27.7 Å². The number of hydrogen-bond acceptors (Lipinski definition) is 0. The van der Waals surface area contributed by atoms with Gasteiger partial charge in [-0.15, -0.1) is 0 Å². The van der Waals surface area contributed by atoms with Crippen LogP contribution in [-0.4, -0.2) is 0 Å². The van der Waals surface area contributed by atoms with Crippen LogP contribution in [0.15, 0.2) is 12.1 Å². The van der Waals surface area contributed by atoms with Gasteiger partial charge in [0.25, 0.3) is 0 Å². The number of benzene rings is 1. The van der Waals surface area contributed by atoms with Crippen molar-refractivity contribution in [1.82, 2.24) is 0 Å². The molecule has 0 nitrogen and oxygen atoms in total. The van der Waals surface area contributed by atoms with Crippen LogP contribution >= 0.6 is 0 Å². The van der Waals surface area contributed by atoms with Crippen LogP contribution in [0.1, 0.15) is 57.4 Å². The maximum absolute atomic E-state index is 2.22. The highest BCUT2D eigenvalue weighted by Crippen LogP contribution is 2.13. The average Bonchev–Trinajstić information content (AvgIpc) is 2.20. The van der Waals surface area contributed by atoms with Crippen LogP contribution in [-0.2, 0) is 0 Å². The first kappa shape index (κ1) is 19.7. The lowest BCUT2D eigenvalue weighted by molar-refractivity contribution is 1.23. The highest BCUT2D eigenvalue weighted by atomic mass is 14.0. The minimum Gasteiger partial charge on any atom is -0.0776 e. The molecule has 1 aromatic rings. The summed E-state index contributed by atoms with van der Waals surface area (Å²) in [6.45, 7) is 16.6. The summed E-state index contributed by atoms with van der Waals surface area (Å²) < 4.78 is 0. The topological polar surface area (TPSA) is 0 Å². The van der Waals surface area contributed by atoms with Crippen LogP contribution in [0.2, 0.25) is 0 Å². The van der Waals surface area contributed by atoms with Gasteiger partial charge in [-0.2, -0.15) is 0 Å². The van der Waals surface area contributed by atoms with Gasteiger partial charge in [0.15, 0.2) is 0 Å².